The highest BCUT2D eigenvalue weighted by atomic mass is 16.5. The van der Waals surface area contributed by atoms with Gasteiger partial charge in [-0.15, -0.1) is 0 Å². The van der Waals surface area contributed by atoms with E-state index >= 15 is 0 Å². The molecule has 3 aliphatic rings. The number of hydrogen-bond acceptors (Lipinski definition) is 5. The van der Waals surface area contributed by atoms with Crippen LogP contribution >= 0.6 is 0 Å². The van der Waals surface area contributed by atoms with E-state index in [1.165, 1.54) is 16.7 Å². The van der Waals surface area contributed by atoms with E-state index < -0.39 is 0 Å². The molecule has 1 aliphatic carbocycles. The highest BCUT2D eigenvalue weighted by Gasteiger charge is 2.50. The first-order valence-electron chi connectivity index (χ1n) is 12.5. The topological polar surface area (TPSA) is 46.6 Å². The highest BCUT2D eigenvalue weighted by Crippen LogP contribution is 2.47. The SMILES string of the molecule is c1ccc(COCC2c3c(OC4CC5(CNC5)C4)ccnc3CCN2Cc2ccccc2)cc1. The van der Waals surface area contributed by atoms with Crippen LogP contribution in [0.1, 0.15) is 41.3 Å². The van der Waals surface area contributed by atoms with Gasteiger partial charge in [-0.25, -0.2) is 0 Å². The highest BCUT2D eigenvalue weighted by molar-refractivity contribution is 5.41. The Balaban J connectivity index is 1.23. The van der Waals surface area contributed by atoms with Crippen molar-refractivity contribution < 1.29 is 9.47 Å². The second-order valence-electron chi connectivity index (χ2n) is 10.1. The van der Waals surface area contributed by atoms with Gasteiger partial charge in [-0.1, -0.05) is 60.7 Å². The predicted octanol–water partition coefficient (Wildman–Crippen LogP) is 4.53. The Bertz CT molecular complexity index is 1090. The summed E-state index contributed by atoms with van der Waals surface area (Å²) < 4.78 is 12.9. The first kappa shape index (κ1) is 21.8. The quantitative estimate of drug-likeness (QED) is 0.541. The molecule has 1 saturated carbocycles. The van der Waals surface area contributed by atoms with Crippen molar-refractivity contribution in [2.24, 2.45) is 5.41 Å². The van der Waals surface area contributed by atoms with Crippen molar-refractivity contribution in [3.8, 4) is 5.75 Å². The molecule has 5 heteroatoms. The van der Waals surface area contributed by atoms with E-state index in [2.05, 4.69) is 70.9 Å². The molecule has 2 aliphatic heterocycles. The van der Waals surface area contributed by atoms with Crippen molar-refractivity contribution in [2.45, 2.75) is 44.6 Å². The van der Waals surface area contributed by atoms with Crippen LogP contribution in [-0.2, 0) is 24.3 Å². The largest absolute Gasteiger partial charge is 0.490 e. The Hall–Kier alpha value is -2.73. The molecule has 3 aromatic rings. The standard InChI is InChI=1S/C29H33N3O2/c1-3-7-22(8-4-1)17-32-14-12-25-28(26(32)19-33-18-23-9-5-2-6-10-23)27(11-13-31-25)34-24-15-29(16-24)20-30-21-29/h1-11,13,24,26,30H,12,14-21H2. The number of benzene rings is 2. The van der Waals surface area contributed by atoms with Crippen LogP contribution in [0.4, 0.5) is 0 Å². The smallest absolute Gasteiger partial charge is 0.127 e. The van der Waals surface area contributed by atoms with Crippen molar-refractivity contribution in [3.05, 3.63) is 95.3 Å². The van der Waals surface area contributed by atoms with E-state index in [1.54, 1.807) is 0 Å². The van der Waals surface area contributed by atoms with Gasteiger partial charge in [-0.3, -0.25) is 9.88 Å². The molecule has 34 heavy (non-hydrogen) atoms. The molecule has 1 saturated heterocycles. The summed E-state index contributed by atoms with van der Waals surface area (Å²) in [5.41, 5.74) is 5.41. The summed E-state index contributed by atoms with van der Waals surface area (Å²) in [4.78, 5) is 7.31. The van der Waals surface area contributed by atoms with E-state index in [1.807, 2.05) is 12.3 Å². The fourth-order valence-corrected chi connectivity index (χ4v) is 5.74. The van der Waals surface area contributed by atoms with Crippen molar-refractivity contribution in [1.82, 2.24) is 15.2 Å². The van der Waals surface area contributed by atoms with Crippen LogP contribution in [0.3, 0.4) is 0 Å². The van der Waals surface area contributed by atoms with Crippen molar-refractivity contribution >= 4 is 0 Å². The zero-order valence-corrected chi connectivity index (χ0v) is 19.7. The maximum absolute atomic E-state index is 6.62. The zero-order valence-electron chi connectivity index (χ0n) is 19.7. The third-order valence-corrected chi connectivity index (χ3v) is 7.67. The number of ether oxygens (including phenoxy) is 2. The maximum atomic E-state index is 6.62. The van der Waals surface area contributed by atoms with Crippen LogP contribution in [-0.4, -0.2) is 42.2 Å². The summed E-state index contributed by atoms with van der Waals surface area (Å²) >= 11 is 0. The summed E-state index contributed by atoms with van der Waals surface area (Å²) in [5, 5.41) is 3.42. The van der Waals surface area contributed by atoms with Gasteiger partial charge < -0.3 is 14.8 Å². The van der Waals surface area contributed by atoms with E-state index in [9.17, 15) is 0 Å². The van der Waals surface area contributed by atoms with Crippen molar-refractivity contribution in [1.29, 1.82) is 0 Å². The Morgan fingerprint density at radius 1 is 0.941 bits per heavy atom. The second kappa shape index (κ2) is 9.49. The molecule has 1 atom stereocenters. The van der Waals surface area contributed by atoms with Gasteiger partial charge in [0.15, 0.2) is 0 Å². The Morgan fingerprint density at radius 3 is 2.38 bits per heavy atom. The molecule has 1 spiro atoms. The Morgan fingerprint density at radius 2 is 1.68 bits per heavy atom. The van der Waals surface area contributed by atoms with Crippen LogP contribution in [0.2, 0.25) is 0 Å². The van der Waals surface area contributed by atoms with Crippen LogP contribution in [0.25, 0.3) is 0 Å². The lowest BCUT2D eigenvalue weighted by Crippen LogP contribution is -2.62. The van der Waals surface area contributed by atoms with Crippen molar-refractivity contribution in [3.63, 3.8) is 0 Å². The molecule has 0 bridgehead atoms. The maximum Gasteiger partial charge on any atom is 0.127 e. The Labute approximate surface area is 202 Å². The van der Waals surface area contributed by atoms with Gasteiger partial charge in [0.2, 0.25) is 0 Å². The van der Waals surface area contributed by atoms with Crippen LogP contribution in [0.15, 0.2) is 72.9 Å². The Kier molecular flexibility index (Phi) is 6.08. The molecule has 2 aromatic carbocycles. The minimum Gasteiger partial charge on any atom is -0.490 e. The summed E-state index contributed by atoms with van der Waals surface area (Å²) in [7, 11) is 0. The molecular formula is C29H33N3O2. The average molecular weight is 456 g/mol. The van der Waals surface area contributed by atoms with Gasteiger partial charge in [0.05, 0.1) is 31.1 Å². The van der Waals surface area contributed by atoms with Crippen molar-refractivity contribution in [2.75, 3.05) is 26.2 Å². The summed E-state index contributed by atoms with van der Waals surface area (Å²) in [6.45, 7) is 5.38. The van der Waals surface area contributed by atoms with Gasteiger partial charge in [0.1, 0.15) is 5.75 Å². The fraction of sp³-hybridized carbons (Fsp3) is 0.414. The third-order valence-electron chi connectivity index (χ3n) is 7.67. The number of rotatable bonds is 8. The van der Waals surface area contributed by atoms with Crippen LogP contribution in [0, 0.1) is 5.41 Å². The summed E-state index contributed by atoms with van der Waals surface area (Å²) in [6.07, 6.45) is 5.47. The monoisotopic (exact) mass is 455 g/mol. The molecule has 176 valence electrons. The zero-order chi connectivity index (χ0) is 22.8. The molecule has 6 rings (SSSR count). The fourth-order valence-electron chi connectivity index (χ4n) is 5.74. The predicted molar refractivity (Wildman–Crippen MR) is 133 cm³/mol. The molecule has 3 heterocycles. The normalized spacial score (nSPS) is 21.5. The van der Waals surface area contributed by atoms with Gasteiger partial charge in [-0.2, -0.15) is 0 Å². The molecule has 1 unspecified atom stereocenters. The first-order valence-corrected chi connectivity index (χ1v) is 12.5. The van der Waals surface area contributed by atoms with Gasteiger partial charge in [-0.05, 0) is 30.0 Å². The number of aromatic nitrogens is 1. The number of pyridine rings is 1. The van der Waals surface area contributed by atoms with Crippen LogP contribution in [0.5, 0.6) is 5.75 Å². The average Bonchev–Trinajstić information content (AvgIpc) is 2.82. The summed E-state index contributed by atoms with van der Waals surface area (Å²) in [6, 6.07) is 23.3. The molecular weight excluding hydrogens is 422 g/mol. The molecule has 1 N–H and O–H groups in total. The lowest BCUT2D eigenvalue weighted by atomic mass is 9.63. The third kappa shape index (κ3) is 4.48. The van der Waals surface area contributed by atoms with Gasteiger partial charge in [0.25, 0.3) is 0 Å². The van der Waals surface area contributed by atoms with Gasteiger partial charge in [0, 0.05) is 49.8 Å². The summed E-state index contributed by atoms with van der Waals surface area (Å²) in [5.74, 6) is 1.00. The molecule has 2 fully saturated rings. The minimum atomic E-state index is 0.121. The molecule has 5 nitrogen and oxygen atoms in total. The second-order valence-corrected chi connectivity index (χ2v) is 10.1. The van der Waals surface area contributed by atoms with E-state index in [-0.39, 0.29) is 6.04 Å². The minimum absolute atomic E-state index is 0.121. The first-order chi connectivity index (χ1) is 16.8. The van der Waals surface area contributed by atoms with Gasteiger partial charge >= 0.3 is 0 Å². The lowest BCUT2D eigenvalue weighted by Gasteiger charge is -2.54. The van der Waals surface area contributed by atoms with E-state index in [4.69, 9.17) is 14.5 Å². The number of nitrogens with zero attached hydrogens (tertiary/aromatic N) is 2. The van der Waals surface area contributed by atoms with Crippen LogP contribution < -0.4 is 10.1 Å². The molecule has 0 amide bonds. The molecule has 0 radical (unpaired) electrons. The molecule has 1 aromatic heterocycles. The number of hydrogen-bond donors (Lipinski definition) is 1. The number of nitrogens with one attached hydrogen (secondary N) is 1. The van der Waals surface area contributed by atoms with E-state index in [0.29, 0.717) is 24.7 Å². The lowest BCUT2D eigenvalue weighted by molar-refractivity contribution is -0.0512. The van der Waals surface area contributed by atoms with E-state index in [0.717, 1.165) is 56.9 Å². The number of fused-ring (bicyclic) bond motifs is 1.